The molecule has 1 amide bonds. The molecule has 0 unspecified atom stereocenters. The van der Waals surface area contributed by atoms with E-state index in [1.54, 1.807) is 7.11 Å². The Kier molecular flexibility index (Phi) is 4.54. The summed E-state index contributed by atoms with van der Waals surface area (Å²) in [6.45, 7) is 2.62. The highest BCUT2D eigenvalue weighted by Crippen LogP contribution is 2.32. The van der Waals surface area contributed by atoms with Crippen molar-refractivity contribution < 1.29 is 19.0 Å². The lowest BCUT2D eigenvalue weighted by molar-refractivity contribution is 0.0953. The van der Waals surface area contributed by atoms with Crippen LogP contribution in [0.15, 0.2) is 42.5 Å². The van der Waals surface area contributed by atoms with Gasteiger partial charge in [-0.15, -0.1) is 0 Å². The third-order valence-corrected chi connectivity index (χ3v) is 4.60. The molecule has 0 saturated carbocycles. The van der Waals surface area contributed by atoms with Crippen LogP contribution in [0.4, 0.5) is 0 Å². The van der Waals surface area contributed by atoms with E-state index in [2.05, 4.69) is 10.3 Å². The molecule has 6 nitrogen and oxygen atoms in total. The quantitative estimate of drug-likeness (QED) is 0.753. The number of carbonyl (C=O) groups is 1. The lowest BCUT2D eigenvalue weighted by Crippen LogP contribution is -2.26. The summed E-state index contributed by atoms with van der Waals surface area (Å²) in [5.74, 6) is 2.13. The van der Waals surface area contributed by atoms with Crippen molar-refractivity contribution in [3.8, 4) is 17.2 Å². The Bertz CT molecular complexity index is 1020. The lowest BCUT2D eigenvalue weighted by atomic mass is 10.1. The second-order valence-corrected chi connectivity index (χ2v) is 6.37. The maximum atomic E-state index is 12.6. The topological polar surface area (TPSA) is 69.7 Å². The molecule has 0 atom stereocenters. The predicted molar refractivity (Wildman–Crippen MR) is 102 cm³/mol. The van der Waals surface area contributed by atoms with Crippen LogP contribution in [0.5, 0.6) is 17.2 Å². The summed E-state index contributed by atoms with van der Waals surface area (Å²) >= 11 is 0. The zero-order chi connectivity index (χ0) is 18.8. The molecule has 2 heterocycles. The Balaban J connectivity index is 1.44. The molecule has 0 radical (unpaired) electrons. The average Bonchev–Trinajstić information content (AvgIpc) is 3.14. The first kappa shape index (κ1) is 17.1. The van der Waals surface area contributed by atoms with Crippen LogP contribution in [0.2, 0.25) is 0 Å². The number of methoxy groups -OCH3 is 1. The van der Waals surface area contributed by atoms with Gasteiger partial charge in [-0.3, -0.25) is 9.78 Å². The van der Waals surface area contributed by atoms with Crippen LogP contribution in [0, 0.1) is 6.92 Å². The van der Waals surface area contributed by atoms with Gasteiger partial charge in [0.05, 0.1) is 23.9 Å². The number of rotatable bonds is 5. The summed E-state index contributed by atoms with van der Waals surface area (Å²) in [6, 6.07) is 13.3. The van der Waals surface area contributed by atoms with Gasteiger partial charge in [-0.25, -0.2) is 0 Å². The van der Waals surface area contributed by atoms with Crippen LogP contribution in [-0.4, -0.2) is 31.3 Å². The molecule has 0 bridgehead atoms. The molecule has 3 aromatic rings. The van der Waals surface area contributed by atoms with Crippen molar-refractivity contribution in [1.82, 2.24) is 10.3 Å². The van der Waals surface area contributed by atoms with E-state index in [9.17, 15) is 4.79 Å². The third-order valence-electron chi connectivity index (χ3n) is 4.60. The highest BCUT2D eigenvalue weighted by molar-refractivity contribution is 5.98. The number of hydrogen-bond acceptors (Lipinski definition) is 5. The predicted octanol–water partition coefficient (Wildman–Crippen LogP) is 3.25. The van der Waals surface area contributed by atoms with Crippen molar-refractivity contribution >= 4 is 16.8 Å². The van der Waals surface area contributed by atoms with Crippen molar-refractivity contribution in [3.63, 3.8) is 0 Å². The first-order valence-corrected chi connectivity index (χ1v) is 8.76. The van der Waals surface area contributed by atoms with Gasteiger partial charge in [0, 0.05) is 18.0 Å². The van der Waals surface area contributed by atoms with Crippen LogP contribution in [0.1, 0.15) is 21.6 Å². The molecule has 1 aliphatic rings. The molecule has 138 valence electrons. The highest BCUT2D eigenvalue weighted by atomic mass is 16.7. The van der Waals surface area contributed by atoms with Crippen molar-refractivity contribution in [1.29, 1.82) is 0 Å². The second-order valence-electron chi connectivity index (χ2n) is 6.37. The molecule has 4 rings (SSSR count). The molecular weight excluding hydrogens is 344 g/mol. The molecule has 27 heavy (non-hydrogen) atoms. The van der Waals surface area contributed by atoms with Gasteiger partial charge in [-0.1, -0.05) is 6.07 Å². The maximum Gasteiger partial charge on any atom is 0.253 e. The number of aryl methyl sites for hydroxylation is 1. The minimum absolute atomic E-state index is 0.126. The van der Waals surface area contributed by atoms with Crippen molar-refractivity contribution in [3.05, 3.63) is 59.3 Å². The van der Waals surface area contributed by atoms with Crippen LogP contribution >= 0.6 is 0 Å². The van der Waals surface area contributed by atoms with E-state index in [0.29, 0.717) is 24.2 Å². The summed E-state index contributed by atoms with van der Waals surface area (Å²) in [6.07, 6.45) is 0.708. The number of fused-ring (bicyclic) bond motifs is 2. The first-order chi connectivity index (χ1) is 13.1. The first-order valence-electron chi connectivity index (χ1n) is 8.76. The van der Waals surface area contributed by atoms with E-state index in [-0.39, 0.29) is 12.7 Å². The minimum atomic E-state index is -0.126. The van der Waals surface area contributed by atoms with Gasteiger partial charge >= 0.3 is 0 Å². The Hall–Kier alpha value is -3.28. The molecule has 6 heteroatoms. The normalized spacial score (nSPS) is 12.2. The number of aromatic nitrogens is 1. The lowest BCUT2D eigenvalue weighted by Gasteiger charge is -2.10. The Morgan fingerprint density at radius 2 is 2.00 bits per heavy atom. The van der Waals surface area contributed by atoms with Crippen LogP contribution < -0.4 is 19.5 Å². The Labute approximate surface area is 157 Å². The van der Waals surface area contributed by atoms with E-state index in [1.807, 2.05) is 49.4 Å². The number of pyridine rings is 1. The van der Waals surface area contributed by atoms with E-state index in [4.69, 9.17) is 14.2 Å². The monoisotopic (exact) mass is 364 g/mol. The molecule has 0 aliphatic carbocycles. The van der Waals surface area contributed by atoms with Crippen LogP contribution in [0.25, 0.3) is 10.9 Å². The van der Waals surface area contributed by atoms with Gasteiger partial charge in [0.25, 0.3) is 5.91 Å². The minimum Gasteiger partial charge on any atom is -0.497 e. The largest absolute Gasteiger partial charge is 0.497 e. The fourth-order valence-electron chi connectivity index (χ4n) is 3.11. The van der Waals surface area contributed by atoms with E-state index >= 15 is 0 Å². The Morgan fingerprint density at radius 1 is 1.15 bits per heavy atom. The number of nitrogens with zero attached hydrogens (tertiary/aromatic N) is 1. The molecule has 2 aromatic carbocycles. The zero-order valence-corrected chi connectivity index (χ0v) is 15.2. The standard InChI is InChI=1S/C21H20N2O4/c1-13-17(10-15-4-5-16(25-2)11-18(15)23-13)21(24)22-8-7-14-3-6-19-20(9-14)27-12-26-19/h3-6,9-11H,7-8,12H2,1-2H3,(H,22,24). The fourth-order valence-corrected chi connectivity index (χ4v) is 3.11. The summed E-state index contributed by atoms with van der Waals surface area (Å²) in [4.78, 5) is 17.1. The summed E-state index contributed by atoms with van der Waals surface area (Å²) in [5, 5.41) is 3.87. The molecule has 1 aliphatic heterocycles. The molecule has 1 N–H and O–H groups in total. The van der Waals surface area contributed by atoms with Crippen molar-refractivity contribution in [2.45, 2.75) is 13.3 Å². The molecule has 0 spiro atoms. The highest BCUT2D eigenvalue weighted by Gasteiger charge is 2.14. The second kappa shape index (κ2) is 7.15. The number of amides is 1. The summed E-state index contributed by atoms with van der Waals surface area (Å²) in [7, 11) is 1.62. The van der Waals surface area contributed by atoms with Gasteiger partial charge in [-0.05, 0) is 49.2 Å². The number of hydrogen-bond donors (Lipinski definition) is 1. The molecule has 0 fully saturated rings. The number of benzene rings is 2. The smallest absolute Gasteiger partial charge is 0.253 e. The van der Waals surface area contributed by atoms with Gasteiger partial charge in [0.2, 0.25) is 6.79 Å². The summed E-state index contributed by atoms with van der Waals surface area (Å²) in [5.41, 5.74) is 3.17. The van der Waals surface area contributed by atoms with Crippen molar-refractivity contribution in [2.75, 3.05) is 20.4 Å². The third kappa shape index (κ3) is 3.51. The molecular formula is C21H20N2O4. The van der Waals surface area contributed by atoms with E-state index in [1.165, 1.54) is 0 Å². The Morgan fingerprint density at radius 3 is 2.85 bits per heavy atom. The van der Waals surface area contributed by atoms with E-state index in [0.717, 1.165) is 33.7 Å². The SMILES string of the molecule is COc1ccc2cc(C(=O)NCCc3ccc4c(c3)OCO4)c(C)nc2c1. The maximum absolute atomic E-state index is 12.6. The van der Waals surface area contributed by atoms with E-state index < -0.39 is 0 Å². The summed E-state index contributed by atoms with van der Waals surface area (Å²) < 4.78 is 15.9. The van der Waals surface area contributed by atoms with Crippen molar-refractivity contribution in [2.24, 2.45) is 0 Å². The fraction of sp³-hybridized carbons (Fsp3) is 0.238. The number of nitrogens with one attached hydrogen (secondary N) is 1. The van der Waals surface area contributed by atoms with Crippen LogP contribution in [-0.2, 0) is 6.42 Å². The zero-order valence-electron chi connectivity index (χ0n) is 15.2. The number of carbonyl (C=O) groups excluding carboxylic acids is 1. The van der Waals surface area contributed by atoms with Gasteiger partial charge in [0.15, 0.2) is 11.5 Å². The van der Waals surface area contributed by atoms with Gasteiger partial charge < -0.3 is 19.5 Å². The van der Waals surface area contributed by atoms with Crippen LogP contribution in [0.3, 0.4) is 0 Å². The number of ether oxygens (including phenoxy) is 3. The molecule has 0 saturated heterocycles. The average molecular weight is 364 g/mol. The van der Waals surface area contributed by atoms with Gasteiger partial charge in [-0.2, -0.15) is 0 Å². The van der Waals surface area contributed by atoms with Gasteiger partial charge in [0.1, 0.15) is 5.75 Å². The molecule has 1 aromatic heterocycles.